The summed E-state index contributed by atoms with van der Waals surface area (Å²) in [6.45, 7) is 3.23. The van der Waals surface area contributed by atoms with Crippen molar-refractivity contribution in [3.05, 3.63) is 52.3 Å². The van der Waals surface area contributed by atoms with Crippen molar-refractivity contribution in [2.45, 2.75) is 20.0 Å². The fourth-order valence-corrected chi connectivity index (χ4v) is 1.76. The van der Waals surface area contributed by atoms with Crippen LogP contribution in [-0.4, -0.2) is 9.97 Å². The molecule has 0 fully saturated rings. The standard InChI is InChI=1S/C12H13ClFN3/c1-8-16-7-10(17-8)6-15-5-9-2-3-12(14)11(13)4-9/h2-4,7,15H,5-6H2,1H3,(H,16,17). The number of hydrogen-bond acceptors (Lipinski definition) is 2. The van der Waals surface area contributed by atoms with Gasteiger partial charge in [-0.15, -0.1) is 0 Å². The minimum Gasteiger partial charge on any atom is -0.345 e. The lowest BCUT2D eigenvalue weighted by Crippen LogP contribution is -2.13. The first-order chi connectivity index (χ1) is 8.15. The first-order valence-corrected chi connectivity index (χ1v) is 5.68. The van der Waals surface area contributed by atoms with Crippen molar-refractivity contribution < 1.29 is 4.39 Å². The van der Waals surface area contributed by atoms with Gasteiger partial charge < -0.3 is 10.3 Å². The van der Waals surface area contributed by atoms with E-state index >= 15 is 0 Å². The zero-order valence-electron chi connectivity index (χ0n) is 9.43. The van der Waals surface area contributed by atoms with Crippen LogP contribution in [-0.2, 0) is 13.1 Å². The SMILES string of the molecule is Cc1ncc(CNCc2ccc(F)c(Cl)c2)[nH]1. The van der Waals surface area contributed by atoms with E-state index in [1.54, 1.807) is 18.3 Å². The number of aryl methyl sites for hydroxylation is 1. The van der Waals surface area contributed by atoms with Crippen LogP contribution >= 0.6 is 11.6 Å². The Morgan fingerprint density at radius 1 is 1.41 bits per heavy atom. The molecule has 0 aliphatic carbocycles. The number of halogens is 2. The highest BCUT2D eigenvalue weighted by atomic mass is 35.5. The van der Waals surface area contributed by atoms with Gasteiger partial charge >= 0.3 is 0 Å². The summed E-state index contributed by atoms with van der Waals surface area (Å²) >= 11 is 5.69. The van der Waals surface area contributed by atoms with Gasteiger partial charge in [0.25, 0.3) is 0 Å². The molecule has 0 spiro atoms. The quantitative estimate of drug-likeness (QED) is 0.880. The van der Waals surface area contributed by atoms with Crippen LogP contribution in [0.3, 0.4) is 0 Å². The number of hydrogen-bond donors (Lipinski definition) is 2. The fraction of sp³-hybridized carbons (Fsp3) is 0.250. The van der Waals surface area contributed by atoms with Crippen LogP contribution in [0, 0.1) is 12.7 Å². The van der Waals surface area contributed by atoms with Gasteiger partial charge in [-0.1, -0.05) is 17.7 Å². The molecule has 1 aromatic carbocycles. The molecule has 0 bridgehead atoms. The molecule has 0 aliphatic heterocycles. The number of H-pyrrole nitrogens is 1. The van der Waals surface area contributed by atoms with Crippen LogP contribution in [0.2, 0.25) is 5.02 Å². The highest BCUT2D eigenvalue weighted by molar-refractivity contribution is 6.30. The van der Waals surface area contributed by atoms with Gasteiger partial charge in [-0.2, -0.15) is 0 Å². The van der Waals surface area contributed by atoms with Crippen molar-refractivity contribution in [3.63, 3.8) is 0 Å². The number of aromatic amines is 1. The Hall–Kier alpha value is -1.39. The third-order valence-corrected chi connectivity index (χ3v) is 2.67. The zero-order valence-corrected chi connectivity index (χ0v) is 10.2. The fourth-order valence-electron chi connectivity index (χ4n) is 1.55. The second-order valence-electron chi connectivity index (χ2n) is 3.85. The number of benzene rings is 1. The summed E-state index contributed by atoms with van der Waals surface area (Å²) in [5.41, 5.74) is 1.98. The Balaban J connectivity index is 1.87. The summed E-state index contributed by atoms with van der Waals surface area (Å²) in [5, 5.41) is 3.38. The number of imidazole rings is 1. The molecule has 0 radical (unpaired) electrons. The summed E-state index contributed by atoms with van der Waals surface area (Å²) in [7, 11) is 0. The Labute approximate surface area is 104 Å². The molecule has 1 heterocycles. The van der Waals surface area contributed by atoms with E-state index in [0.29, 0.717) is 13.1 Å². The third kappa shape index (κ3) is 3.28. The Morgan fingerprint density at radius 3 is 2.88 bits per heavy atom. The molecule has 1 aromatic heterocycles. The molecule has 0 aliphatic rings. The molecule has 2 rings (SSSR count). The average Bonchev–Trinajstić information content (AvgIpc) is 2.70. The van der Waals surface area contributed by atoms with E-state index in [-0.39, 0.29) is 10.8 Å². The number of aromatic nitrogens is 2. The number of rotatable bonds is 4. The van der Waals surface area contributed by atoms with E-state index in [0.717, 1.165) is 17.1 Å². The summed E-state index contributed by atoms with van der Waals surface area (Å²) in [6.07, 6.45) is 1.79. The molecule has 0 saturated heterocycles. The number of nitrogens with zero attached hydrogens (tertiary/aromatic N) is 1. The van der Waals surface area contributed by atoms with Crippen molar-refractivity contribution in [3.8, 4) is 0 Å². The maximum absolute atomic E-state index is 12.9. The van der Waals surface area contributed by atoms with Gasteiger partial charge in [0.15, 0.2) is 0 Å². The molecule has 0 amide bonds. The Kier molecular flexibility index (Phi) is 3.76. The van der Waals surface area contributed by atoms with Crippen molar-refractivity contribution in [1.29, 1.82) is 0 Å². The minimum absolute atomic E-state index is 0.154. The average molecular weight is 254 g/mol. The molecule has 2 N–H and O–H groups in total. The van der Waals surface area contributed by atoms with E-state index in [9.17, 15) is 4.39 Å². The van der Waals surface area contributed by atoms with E-state index in [1.165, 1.54) is 6.07 Å². The monoisotopic (exact) mass is 253 g/mol. The van der Waals surface area contributed by atoms with Crippen LogP contribution in [0.1, 0.15) is 17.1 Å². The predicted octanol–water partition coefficient (Wildman–Crippen LogP) is 2.80. The molecular weight excluding hydrogens is 241 g/mol. The van der Waals surface area contributed by atoms with Crippen LogP contribution in [0.5, 0.6) is 0 Å². The predicted molar refractivity (Wildman–Crippen MR) is 65.3 cm³/mol. The Bertz CT molecular complexity index is 510. The van der Waals surface area contributed by atoms with Gasteiger partial charge in [-0.3, -0.25) is 0 Å². The lowest BCUT2D eigenvalue weighted by Gasteiger charge is -2.04. The summed E-state index contributed by atoms with van der Waals surface area (Å²) in [6, 6.07) is 4.72. The second-order valence-corrected chi connectivity index (χ2v) is 4.25. The molecular formula is C12H13ClFN3. The van der Waals surface area contributed by atoms with Gasteiger partial charge in [0.05, 0.1) is 5.02 Å². The van der Waals surface area contributed by atoms with Crippen molar-refractivity contribution >= 4 is 11.6 Å². The maximum atomic E-state index is 12.9. The van der Waals surface area contributed by atoms with E-state index in [2.05, 4.69) is 15.3 Å². The Morgan fingerprint density at radius 2 is 2.24 bits per heavy atom. The third-order valence-electron chi connectivity index (χ3n) is 2.38. The minimum atomic E-state index is -0.389. The largest absolute Gasteiger partial charge is 0.345 e. The molecule has 0 atom stereocenters. The van der Waals surface area contributed by atoms with Gasteiger partial charge in [0.1, 0.15) is 11.6 Å². The normalized spacial score (nSPS) is 10.8. The first kappa shape index (κ1) is 12.1. The molecule has 0 saturated carbocycles. The highest BCUT2D eigenvalue weighted by Gasteiger charge is 2.01. The lowest BCUT2D eigenvalue weighted by molar-refractivity contribution is 0.625. The molecule has 90 valence electrons. The first-order valence-electron chi connectivity index (χ1n) is 5.30. The van der Waals surface area contributed by atoms with Crippen LogP contribution in [0.25, 0.3) is 0 Å². The van der Waals surface area contributed by atoms with Crippen LogP contribution < -0.4 is 5.32 Å². The van der Waals surface area contributed by atoms with Gasteiger partial charge in [0, 0.05) is 25.0 Å². The van der Waals surface area contributed by atoms with Gasteiger partial charge in [-0.25, -0.2) is 9.37 Å². The van der Waals surface area contributed by atoms with Crippen LogP contribution in [0.15, 0.2) is 24.4 Å². The van der Waals surface area contributed by atoms with Crippen LogP contribution in [0.4, 0.5) is 4.39 Å². The second kappa shape index (κ2) is 5.29. The van der Waals surface area contributed by atoms with E-state index in [1.807, 2.05) is 6.92 Å². The topological polar surface area (TPSA) is 40.7 Å². The van der Waals surface area contributed by atoms with Gasteiger partial charge in [0.2, 0.25) is 0 Å². The summed E-state index contributed by atoms with van der Waals surface area (Å²) in [5.74, 6) is 0.506. The van der Waals surface area contributed by atoms with Gasteiger partial charge in [-0.05, 0) is 24.6 Å². The zero-order chi connectivity index (χ0) is 12.3. The molecule has 3 nitrogen and oxygen atoms in total. The van der Waals surface area contributed by atoms with Crippen molar-refractivity contribution in [2.24, 2.45) is 0 Å². The molecule has 0 unspecified atom stereocenters. The number of nitrogens with one attached hydrogen (secondary N) is 2. The van der Waals surface area contributed by atoms with Crippen molar-refractivity contribution in [2.75, 3.05) is 0 Å². The summed E-state index contributed by atoms with van der Waals surface area (Å²) < 4.78 is 12.9. The van der Waals surface area contributed by atoms with Crippen molar-refractivity contribution in [1.82, 2.24) is 15.3 Å². The lowest BCUT2D eigenvalue weighted by atomic mass is 10.2. The highest BCUT2D eigenvalue weighted by Crippen LogP contribution is 2.15. The molecule has 5 heteroatoms. The molecule has 2 aromatic rings. The van der Waals surface area contributed by atoms with E-state index < -0.39 is 0 Å². The molecule has 17 heavy (non-hydrogen) atoms. The van der Waals surface area contributed by atoms with E-state index in [4.69, 9.17) is 11.6 Å². The smallest absolute Gasteiger partial charge is 0.141 e. The summed E-state index contributed by atoms with van der Waals surface area (Å²) in [4.78, 5) is 7.22. The maximum Gasteiger partial charge on any atom is 0.141 e.